The maximum Gasteiger partial charge on any atom is 0.329 e. The van der Waals surface area contributed by atoms with E-state index in [2.05, 4.69) is 13.8 Å². The van der Waals surface area contributed by atoms with Gasteiger partial charge in [-0.05, 0) is 32.1 Å². The van der Waals surface area contributed by atoms with Crippen molar-refractivity contribution in [1.82, 2.24) is 4.90 Å². The summed E-state index contributed by atoms with van der Waals surface area (Å²) in [5.74, 6) is -0.452. The third kappa shape index (κ3) is 9.95. The number of carbonyl (C=O) groups is 3. The van der Waals surface area contributed by atoms with Crippen LogP contribution in [0.25, 0.3) is 0 Å². The summed E-state index contributed by atoms with van der Waals surface area (Å²) in [6.45, 7) is 5.04. The average molecular weight is 480 g/mol. The number of nitrogens with zero attached hydrogens (tertiary/aromatic N) is 1. The summed E-state index contributed by atoms with van der Waals surface area (Å²) >= 11 is 0. The molecule has 2 rings (SSSR count). The van der Waals surface area contributed by atoms with Crippen LogP contribution in [0.1, 0.15) is 129 Å². The van der Waals surface area contributed by atoms with E-state index in [9.17, 15) is 14.4 Å². The topological polar surface area (TPSA) is 72.9 Å². The monoisotopic (exact) mass is 479 g/mol. The van der Waals surface area contributed by atoms with E-state index in [0.717, 1.165) is 51.4 Å². The standard InChI is InChI=1S/C28H49NO5/c1-3-5-7-9-10-11-12-13-14-17-23(33-28(32)25-19-16-20-29(25)22-30)21-26-24(27(31)34-26)18-15-8-6-4-2/h22-26H,3-21H2,1-2H3/t23-,24-,25-,26-/m0/s1. The van der Waals surface area contributed by atoms with Crippen LogP contribution in [0.3, 0.4) is 0 Å². The Kier molecular flexibility index (Phi) is 14.3. The minimum absolute atomic E-state index is 0.0564. The summed E-state index contributed by atoms with van der Waals surface area (Å²) in [6.07, 6.45) is 19.9. The molecule has 0 bridgehead atoms. The van der Waals surface area contributed by atoms with Crippen LogP contribution < -0.4 is 0 Å². The third-order valence-electron chi connectivity index (χ3n) is 7.50. The first-order valence-electron chi connectivity index (χ1n) is 14.2. The number of unbranched alkanes of at least 4 members (excludes halogenated alkanes) is 11. The second-order valence-electron chi connectivity index (χ2n) is 10.3. The number of amides is 1. The Bertz CT molecular complexity index is 595. The number of hydrogen-bond acceptors (Lipinski definition) is 5. The highest BCUT2D eigenvalue weighted by Crippen LogP contribution is 2.33. The Morgan fingerprint density at radius 2 is 1.62 bits per heavy atom. The normalized spacial score (nSPS) is 22.8. The summed E-state index contributed by atoms with van der Waals surface area (Å²) in [7, 11) is 0. The van der Waals surface area contributed by atoms with Crippen molar-refractivity contribution in [2.75, 3.05) is 6.54 Å². The van der Waals surface area contributed by atoms with E-state index >= 15 is 0 Å². The second kappa shape index (κ2) is 16.9. The van der Waals surface area contributed by atoms with Crippen molar-refractivity contribution < 1.29 is 23.9 Å². The highest BCUT2D eigenvalue weighted by molar-refractivity contribution is 5.79. The summed E-state index contributed by atoms with van der Waals surface area (Å²) in [6, 6.07) is -0.461. The molecule has 4 atom stereocenters. The predicted molar refractivity (Wildman–Crippen MR) is 134 cm³/mol. The van der Waals surface area contributed by atoms with Gasteiger partial charge in [0, 0.05) is 13.0 Å². The van der Waals surface area contributed by atoms with Crippen molar-refractivity contribution in [3.63, 3.8) is 0 Å². The SMILES string of the molecule is CCCCCCCCCCC[C@@H](C[C@@H]1OC(=O)[C@H]1CCCCCC)OC(=O)[C@@H]1CCCN1C=O. The predicted octanol–water partition coefficient (Wildman–Crippen LogP) is 6.34. The molecule has 34 heavy (non-hydrogen) atoms. The molecule has 2 aliphatic heterocycles. The van der Waals surface area contributed by atoms with E-state index in [1.807, 2.05) is 0 Å². The Morgan fingerprint density at radius 1 is 1.00 bits per heavy atom. The fourth-order valence-electron chi connectivity index (χ4n) is 5.28. The van der Waals surface area contributed by atoms with Crippen LogP contribution in [0.4, 0.5) is 0 Å². The molecule has 2 fully saturated rings. The lowest BCUT2D eigenvalue weighted by Gasteiger charge is -2.37. The lowest BCUT2D eigenvalue weighted by Crippen LogP contribution is -2.47. The molecule has 0 unspecified atom stereocenters. The maximum absolute atomic E-state index is 12.8. The molecule has 0 spiro atoms. The molecule has 2 saturated heterocycles. The molecule has 2 aliphatic rings. The fourth-order valence-corrected chi connectivity index (χ4v) is 5.28. The van der Waals surface area contributed by atoms with Gasteiger partial charge in [0.1, 0.15) is 18.2 Å². The Labute approximate surface area is 207 Å². The molecule has 0 N–H and O–H groups in total. The van der Waals surface area contributed by atoms with Gasteiger partial charge < -0.3 is 14.4 Å². The molecular formula is C28H49NO5. The smallest absolute Gasteiger partial charge is 0.329 e. The van der Waals surface area contributed by atoms with E-state index in [1.54, 1.807) is 4.90 Å². The Morgan fingerprint density at radius 3 is 2.24 bits per heavy atom. The van der Waals surface area contributed by atoms with Gasteiger partial charge in [0.2, 0.25) is 6.41 Å². The molecule has 0 aromatic heterocycles. The summed E-state index contributed by atoms with van der Waals surface area (Å²) in [4.78, 5) is 37.7. The van der Waals surface area contributed by atoms with Gasteiger partial charge >= 0.3 is 11.9 Å². The molecule has 2 heterocycles. The molecule has 0 radical (unpaired) electrons. The van der Waals surface area contributed by atoms with Crippen LogP contribution in [0.15, 0.2) is 0 Å². The summed E-state index contributed by atoms with van der Waals surface area (Å²) < 4.78 is 11.4. The van der Waals surface area contributed by atoms with Gasteiger partial charge in [-0.3, -0.25) is 9.59 Å². The largest absolute Gasteiger partial charge is 0.461 e. The Hall–Kier alpha value is -1.59. The van der Waals surface area contributed by atoms with Crippen LogP contribution in [0.2, 0.25) is 0 Å². The molecule has 6 nitrogen and oxygen atoms in total. The highest BCUT2D eigenvalue weighted by Gasteiger charge is 2.43. The van der Waals surface area contributed by atoms with Gasteiger partial charge in [-0.15, -0.1) is 0 Å². The maximum atomic E-state index is 12.8. The number of hydrogen-bond donors (Lipinski definition) is 0. The summed E-state index contributed by atoms with van der Waals surface area (Å²) in [5, 5.41) is 0. The number of esters is 2. The molecule has 0 aromatic carbocycles. The van der Waals surface area contributed by atoms with Gasteiger partial charge in [0.05, 0.1) is 5.92 Å². The Balaban J connectivity index is 1.80. The van der Waals surface area contributed by atoms with Crippen LogP contribution in [0, 0.1) is 5.92 Å². The minimum atomic E-state index is -0.461. The van der Waals surface area contributed by atoms with Crippen molar-refractivity contribution in [3.8, 4) is 0 Å². The van der Waals surface area contributed by atoms with Gasteiger partial charge in [-0.25, -0.2) is 4.79 Å². The lowest BCUT2D eigenvalue weighted by atomic mass is 9.86. The molecule has 6 heteroatoms. The van der Waals surface area contributed by atoms with Gasteiger partial charge in [-0.1, -0.05) is 90.9 Å². The van der Waals surface area contributed by atoms with Gasteiger partial charge in [0.25, 0.3) is 0 Å². The quantitative estimate of drug-likeness (QED) is 0.116. The number of cyclic esters (lactones) is 1. The van der Waals surface area contributed by atoms with E-state index in [1.165, 1.54) is 57.8 Å². The zero-order chi connectivity index (χ0) is 24.6. The van der Waals surface area contributed by atoms with Crippen molar-refractivity contribution in [1.29, 1.82) is 0 Å². The van der Waals surface area contributed by atoms with Crippen molar-refractivity contribution in [3.05, 3.63) is 0 Å². The minimum Gasteiger partial charge on any atom is -0.461 e. The molecule has 0 aromatic rings. The van der Waals surface area contributed by atoms with E-state index in [4.69, 9.17) is 9.47 Å². The number of likely N-dealkylation sites (tertiary alicyclic amines) is 1. The van der Waals surface area contributed by atoms with Gasteiger partial charge in [-0.2, -0.15) is 0 Å². The first-order valence-corrected chi connectivity index (χ1v) is 14.2. The zero-order valence-electron chi connectivity index (χ0n) is 21.8. The fraction of sp³-hybridized carbons (Fsp3) is 0.893. The molecule has 196 valence electrons. The third-order valence-corrected chi connectivity index (χ3v) is 7.50. The molecular weight excluding hydrogens is 430 g/mol. The van der Waals surface area contributed by atoms with Gasteiger partial charge in [0.15, 0.2) is 0 Å². The zero-order valence-corrected chi connectivity index (χ0v) is 21.8. The van der Waals surface area contributed by atoms with E-state index < -0.39 is 6.04 Å². The number of ether oxygens (including phenoxy) is 2. The number of carbonyl (C=O) groups excluding carboxylic acids is 3. The van der Waals surface area contributed by atoms with Crippen molar-refractivity contribution in [2.45, 2.75) is 148 Å². The summed E-state index contributed by atoms with van der Waals surface area (Å²) in [5.41, 5.74) is 0. The van der Waals surface area contributed by atoms with Crippen LogP contribution >= 0.6 is 0 Å². The lowest BCUT2D eigenvalue weighted by molar-refractivity contribution is -0.190. The first-order chi connectivity index (χ1) is 16.6. The van der Waals surface area contributed by atoms with Crippen LogP contribution in [-0.4, -0.2) is 48.0 Å². The second-order valence-corrected chi connectivity index (χ2v) is 10.3. The molecule has 0 saturated carbocycles. The van der Waals surface area contributed by atoms with E-state index in [0.29, 0.717) is 19.4 Å². The van der Waals surface area contributed by atoms with Crippen LogP contribution in [0.5, 0.6) is 0 Å². The van der Waals surface area contributed by atoms with Crippen molar-refractivity contribution >= 4 is 18.3 Å². The molecule has 0 aliphatic carbocycles. The van der Waals surface area contributed by atoms with E-state index in [-0.39, 0.29) is 30.1 Å². The average Bonchev–Trinajstić information content (AvgIpc) is 3.31. The highest BCUT2D eigenvalue weighted by atomic mass is 16.6. The first kappa shape index (κ1) is 28.6. The molecule has 1 amide bonds. The number of rotatable bonds is 20. The van der Waals surface area contributed by atoms with Crippen LogP contribution in [-0.2, 0) is 23.9 Å². The van der Waals surface area contributed by atoms with Crippen molar-refractivity contribution in [2.24, 2.45) is 5.92 Å².